The minimum absolute atomic E-state index is 0.0547. The Morgan fingerprint density at radius 1 is 1.15 bits per heavy atom. The van der Waals surface area contributed by atoms with Crippen LogP contribution in [-0.4, -0.2) is 67.2 Å². The molecule has 4 N–H and O–H groups in total. The van der Waals surface area contributed by atoms with Crippen LogP contribution >= 0.6 is 0 Å². The van der Waals surface area contributed by atoms with Crippen LogP contribution < -0.4 is 25.3 Å². The largest absolute Gasteiger partial charge is 0.493 e. The normalized spacial score (nSPS) is 12.7. The van der Waals surface area contributed by atoms with E-state index in [0.717, 1.165) is 5.56 Å². The number of amides is 2. The third-order valence-corrected chi connectivity index (χ3v) is 6.26. The fourth-order valence-electron chi connectivity index (χ4n) is 4.31. The molecule has 0 radical (unpaired) electrons. The maximum atomic E-state index is 13.5. The number of Topliss-reactive ketones (excluding diaryl/α,β-unsaturated/α-hetero) is 1. The lowest BCUT2D eigenvalue weighted by Crippen LogP contribution is -2.31. The molecule has 0 aliphatic carbocycles. The summed E-state index contributed by atoms with van der Waals surface area (Å²) in [5.74, 6) is 0.256. The van der Waals surface area contributed by atoms with Crippen LogP contribution in [0.15, 0.2) is 18.2 Å². The van der Waals surface area contributed by atoms with Gasteiger partial charge in [0.2, 0.25) is 5.91 Å². The minimum Gasteiger partial charge on any atom is -0.493 e. The first-order chi connectivity index (χ1) is 18.4. The molecule has 1 aliphatic rings. The molecule has 0 saturated carbocycles. The molecule has 0 spiro atoms. The number of carbonyl (C=O) groups excluding carboxylic acids is 3. The van der Waals surface area contributed by atoms with Crippen molar-refractivity contribution in [2.45, 2.75) is 52.5 Å². The molecule has 2 heterocycles. The van der Waals surface area contributed by atoms with E-state index < -0.39 is 11.8 Å². The molecule has 39 heavy (non-hydrogen) atoms. The van der Waals surface area contributed by atoms with Gasteiger partial charge < -0.3 is 30.2 Å². The first-order valence-corrected chi connectivity index (χ1v) is 12.8. The highest BCUT2D eigenvalue weighted by atomic mass is 16.5. The number of primary amides is 1. The topological polar surface area (TPSA) is 157 Å². The number of ketones is 1. The predicted molar refractivity (Wildman–Crippen MR) is 146 cm³/mol. The van der Waals surface area contributed by atoms with Crippen molar-refractivity contribution in [1.82, 2.24) is 15.2 Å². The SMILES string of the molecule is CCOc1cc2c(nc1C(=O)NC)C(=N)N(CC(=O)c1cc(OCCCC(N)=O)c(OC)c(C(C)(C)C)c1)C2. The van der Waals surface area contributed by atoms with E-state index in [2.05, 4.69) is 10.3 Å². The number of nitrogens with zero attached hydrogens (tertiary/aromatic N) is 2. The first kappa shape index (κ1) is 29.4. The van der Waals surface area contributed by atoms with E-state index in [9.17, 15) is 14.4 Å². The molecule has 11 nitrogen and oxygen atoms in total. The summed E-state index contributed by atoms with van der Waals surface area (Å²) < 4.78 is 17.2. The fraction of sp³-hybridized carbons (Fsp3) is 0.464. The Morgan fingerprint density at radius 3 is 2.46 bits per heavy atom. The lowest BCUT2D eigenvalue weighted by Gasteiger charge is -2.25. The highest BCUT2D eigenvalue weighted by molar-refractivity contribution is 6.05. The van der Waals surface area contributed by atoms with Crippen molar-refractivity contribution in [3.8, 4) is 17.2 Å². The maximum absolute atomic E-state index is 13.5. The van der Waals surface area contributed by atoms with Gasteiger partial charge >= 0.3 is 0 Å². The summed E-state index contributed by atoms with van der Waals surface area (Å²) in [5.41, 5.74) is 7.20. The van der Waals surface area contributed by atoms with Crippen molar-refractivity contribution >= 4 is 23.4 Å². The number of methoxy groups -OCH3 is 1. The Kier molecular flexibility index (Phi) is 9.15. The number of aromatic nitrogens is 1. The number of nitrogens with one attached hydrogen (secondary N) is 2. The van der Waals surface area contributed by atoms with E-state index in [0.29, 0.717) is 47.1 Å². The maximum Gasteiger partial charge on any atom is 0.273 e. The highest BCUT2D eigenvalue weighted by Gasteiger charge is 2.32. The number of ether oxygens (including phenoxy) is 3. The standard InChI is InChI=1S/C28H37N5O6/c1-7-38-20-13-17-14-33(26(30)23(17)32-24(20)27(36)31-5)15-19(34)16-11-18(28(2,3)4)25(37-6)21(12-16)39-10-8-9-22(29)35/h11-13,30H,7-10,14-15H2,1-6H3,(H2,29,35)(H,31,36). The third-order valence-electron chi connectivity index (χ3n) is 6.26. The molecule has 0 unspecified atom stereocenters. The molecule has 2 amide bonds. The van der Waals surface area contributed by atoms with Crippen molar-refractivity contribution in [3.63, 3.8) is 0 Å². The summed E-state index contributed by atoms with van der Waals surface area (Å²) in [4.78, 5) is 43.0. The molecule has 210 valence electrons. The van der Waals surface area contributed by atoms with E-state index in [1.807, 2.05) is 27.7 Å². The van der Waals surface area contributed by atoms with E-state index >= 15 is 0 Å². The molecule has 1 aromatic heterocycles. The van der Waals surface area contributed by atoms with Crippen LogP contribution in [0.4, 0.5) is 0 Å². The summed E-state index contributed by atoms with van der Waals surface area (Å²) in [6, 6.07) is 5.13. The Labute approximate surface area is 228 Å². The monoisotopic (exact) mass is 539 g/mol. The Balaban J connectivity index is 1.90. The summed E-state index contributed by atoms with van der Waals surface area (Å²) in [6.07, 6.45) is 0.616. The van der Waals surface area contributed by atoms with Crippen LogP contribution in [0, 0.1) is 5.41 Å². The number of pyridine rings is 1. The lowest BCUT2D eigenvalue weighted by molar-refractivity contribution is -0.118. The Bertz CT molecular complexity index is 1280. The van der Waals surface area contributed by atoms with Crippen LogP contribution in [0.25, 0.3) is 0 Å². The molecule has 1 aromatic carbocycles. The number of amidine groups is 1. The Hall–Kier alpha value is -4.15. The second kappa shape index (κ2) is 12.1. The Morgan fingerprint density at radius 2 is 1.87 bits per heavy atom. The van der Waals surface area contributed by atoms with Crippen molar-refractivity contribution in [3.05, 3.63) is 46.3 Å². The van der Waals surface area contributed by atoms with Crippen molar-refractivity contribution in [2.75, 3.05) is 33.9 Å². The van der Waals surface area contributed by atoms with Crippen LogP contribution in [0.1, 0.15) is 78.2 Å². The average Bonchev–Trinajstić information content (AvgIpc) is 3.18. The molecule has 3 rings (SSSR count). The van der Waals surface area contributed by atoms with Gasteiger partial charge in [0.15, 0.2) is 28.7 Å². The summed E-state index contributed by atoms with van der Waals surface area (Å²) >= 11 is 0. The molecule has 1 aliphatic heterocycles. The second-order valence-electron chi connectivity index (χ2n) is 10.2. The molecular formula is C28H37N5O6. The van der Waals surface area contributed by atoms with Gasteiger partial charge in [-0.25, -0.2) is 4.98 Å². The second-order valence-corrected chi connectivity index (χ2v) is 10.2. The number of rotatable bonds is 12. The fourth-order valence-corrected chi connectivity index (χ4v) is 4.31. The van der Waals surface area contributed by atoms with E-state index in [4.69, 9.17) is 25.4 Å². The molecule has 11 heteroatoms. The van der Waals surface area contributed by atoms with Crippen molar-refractivity contribution in [2.24, 2.45) is 5.73 Å². The number of benzene rings is 1. The van der Waals surface area contributed by atoms with Crippen LogP contribution in [0.2, 0.25) is 0 Å². The predicted octanol–water partition coefficient (Wildman–Crippen LogP) is 2.81. The van der Waals surface area contributed by atoms with Gasteiger partial charge in [-0.2, -0.15) is 0 Å². The number of hydrogen-bond acceptors (Lipinski definition) is 8. The molecule has 0 bridgehead atoms. The summed E-state index contributed by atoms with van der Waals surface area (Å²) in [6.45, 7) is 8.62. The minimum atomic E-state index is -0.417. The van der Waals surface area contributed by atoms with Gasteiger partial charge in [0.25, 0.3) is 5.91 Å². The van der Waals surface area contributed by atoms with Gasteiger partial charge in [0, 0.05) is 36.7 Å². The van der Waals surface area contributed by atoms with Crippen LogP contribution in [0.5, 0.6) is 17.2 Å². The lowest BCUT2D eigenvalue weighted by atomic mass is 9.84. The summed E-state index contributed by atoms with van der Waals surface area (Å²) in [7, 11) is 3.04. The molecule has 2 aromatic rings. The first-order valence-electron chi connectivity index (χ1n) is 12.8. The van der Waals surface area contributed by atoms with Crippen LogP contribution in [-0.2, 0) is 16.8 Å². The van der Waals surface area contributed by atoms with E-state index in [-0.39, 0.29) is 48.8 Å². The average molecular weight is 540 g/mol. The number of carbonyl (C=O) groups is 3. The third kappa shape index (κ3) is 6.65. The van der Waals surface area contributed by atoms with Gasteiger partial charge in [-0.15, -0.1) is 0 Å². The number of hydrogen-bond donors (Lipinski definition) is 3. The molecule has 0 atom stereocenters. The van der Waals surface area contributed by atoms with Gasteiger partial charge in [-0.3, -0.25) is 19.8 Å². The summed E-state index contributed by atoms with van der Waals surface area (Å²) in [5, 5.41) is 11.2. The van der Waals surface area contributed by atoms with Crippen molar-refractivity contribution in [1.29, 1.82) is 5.41 Å². The zero-order valence-corrected chi connectivity index (χ0v) is 23.4. The van der Waals surface area contributed by atoms with Gasteiger partial charge in [0.05, 0.1) is 26.9 Å². The van der Waals surface area contributed by atoms with Crippen molar-refractivity contribution < 1.29 is 28.6 Å². The molecular weight excluding hydrogens is 502 g/mol. The molecule has 0 fully saturated rings. The van der Waals surface area contributed by atoms with E-state index in [1.165, 1.54) is 7.05 Å². The van der Waals surface area contributed by atoms with Gasteiger partial charge in [-0.05, 0) is 37.0 Å². The highest BCUT2D eigenvalue weighted by Crippen LogP contribution is 2.40. The molecule has 0 saturated heterocycles. The zero-order valence-electron chi connectivity index (χ0n) is 23.4. The number of fused-ring (bicyclic) bond motifs is 1. The van der Waals surface area contributed by atoms with Gasteiger partial charge in [0.1, 0.15) is 11.5 Å². The zero-order chi connectivity index (χ0) is 28.9. The van der Waals surface area contributed by atoms with Crippen LogP contribution in [0.3, 0.4) is 0 Å². The van der Waals surface area contributed by atoms with E-state index in [1.54, 1.807) is 30.2 Å². The number of nitrogens with two attached hydrogens (primary N) is 1. The van der Waals surface area contributed by atoms with Gasteiger partial charge in [-0.1, -0.05) is 20.8 Å². The smallest absolute Gasteiger partial charge is 0.273 e. The quantitative estimate of drug-likeness (QED) is 0.274.